The van der Waals surface area contributed by atoms with Crippen LogP contribution >= 0.6 is 15.9 Å². The summed E-state index contributed by atoms with van der Waals surface area (Å²) in [6, 6.07) is 12.3. The van der Waals surface area contributed by atoms with Crippen LogP contribution in [-0.2, 0) is 13.5 Å². The van der Waals surface area contributed by atoms with Gasteiger partial charge in [-0.2, -0.15) is 0 Å². The molecule has 0 radical (unpaired) electrons. The third-order valence-electron chi connectivity index (χ3n) is 3.93. The molecule has 1 heterocycles. The molecule has 0 aliphatic carbocycles. The summed E-state index contributed by atoms with van der Waals surface area (Å²) in [5, 5.41) is 0. The Bertz CT molecular complexity index is 848. The predicted octanol–water partition coefficient (Wildman–Crippen LogP) is 4.48. The molecule has 2 N–H and O–H groups in total. The van der Waals surface area contributed by atoms with Crippen molar-refractivity contribution in [1.29, 1.82) is 0 Å². The molecule has 0 aliphatic heterocycles. The molecule has 3 nitrogen and oxygen atoms in total. The first kappa shape index (κ1) is 14.9. The molecule has 0 spiro atoms. The van der Waals surface area contributed by atoms with Crippen LogP contribution < -0.4 is 5.73 Å². The maximum Gasteiger partial charge on any atom is 0.112 e. The summed E-state index contributed by atoms with van der Waals surface area (Å²) in [6.07, 6.45) is 5.01. The molecule has 0 fully saturated rings. The van der Waals surface area contributed by atoms with Crippen molar-refractivity contribution in [2.45, 2.75) is 13.3 Å². The van der Waals surface area contributed by atoms with Gasteiger partial charge in [0.25, 0.3) is 0 Å². The van der Waals surface area contributed by atoms with Gasteiger partial charge >= 0.3 is 0 Å². The first-order valence-corrected chi connectivity index (χ1v) is 7.98. The van der Waals surface area contributed by atoms with Crippen molar-refractivity contribution in [2.24, 2.45) is 7.05 Å². The Morgan fingerprint density at radius 1 is 1.27 bits per heavy atom. The van der Waals surface area contributed by atoms with Crippen LogP contribution in [0.4, 0.5) is 5.69 Å². The first-order chi connectivity index (χ1) is 10.6. The van der Waals surface area contributed by atoms with E-state index in [9.17, 15) is 0 Å². The molecule has 0 atom stereocenters. The van der Waals surface area contributed by atoms with Gasteiger partial charge in [0, 0.05) is 11.5 Å². The van der Waals surface area contributed by atoms with Crippen LogP contribution in [-0.4, -0.2) is 9.55 Å². The lowest BCUT2D eigenvalue weighted by molar-refractivity contribution is 0.885. The quantitative estimate of drug-likeness (QED) is 0.703. The van der Waals surface area contributed by atoms with Crippen molar-refractivity contribution >= 4 is 38.7 Å². The first-order valence-electron chi connectivity index (χ1n) is 7.19. The van der Waals surface area contributed by atoms with Gasteiger partial charge in [-0.05, 0) is 30.5 Å². The lowest BCUT2D eigenvalue weighted by atomic mass is 10.1. The summed E-state index contributed by atoms with van der Waals surface area (Å²) in [6.45, 7) is 1.99. The molecule has 4 heteroatoms. The second-order valence-corrected chi connectivity index (χ2v) is 6.21. The van der Waals surface area contributed by atoms with E-state index in [1.807, 2.05) is 32.2 Å². The van der Waals surface area contributed by atoms with Gasteiger partial charge in [0.05, 0.1) is 11.2 Å². The minimum atomic E-state index is 0.755. The fourth-order valence-corrected chi connectivity index (χ4v) is 3.15. The van der Waals surface area contributed by atoms with Crippen molar-refractivity contribution in [2.75, 3.05) is 5.73 Å². The summed E-state index contributed by atoms with van der Waals surface area (Å²) in [5.41, 5.74) is 11.3. The van der Waals surface area contributed by atoms with Gasteiger partial charge in [0.1, 0.15) is 11.3 Å². The smallest absolute Gasteiger partial charge is 0.112 e. The van der Waals surface area contributed by atoms with E-state index in [4.69, 9.17) is 5.73 Å². The Kier molecular flexibility index (Phi) is 4.03. The summed E-state index contributed by atoms with van der Waals surface area (Å²) < 4.78 is 3.08. The molecule has 3 rings (SSSR count). The highest BCUT2D eigenvalue weighted by molar-refractivity contribution is 9.10. The number of hydrogen-bond acceptors (Lipinski definition) is 2. The summed E-state index contributed by atoms with van der Waals surface area (Å²) in [4.78, 5) is 4.57. The maximum atomic E-state index is 6.34. The van der Waals surface area contributed by atoms with Gasteiger partial charge in [0.2, 0.25) is 0 Å². The Balaban J connectivity index is 1.96. The average molecular weight is 356 g/mol. The molecule has 0 bridgehead atoms. The van der Waals surface area contributed by atoms with E-state index < -0.39 is 0 Å². The lowest BCUT2D eigenvalue weighted by Gasteiger charge is -2.08. The van der Waals surface area contributed by atoms with E-state index in [0.29, 0.717) is 0 Å². The fourth-order valence-electron chi connectivity index (χ4n) is 2.55. The topological polar surface area (TPSA) is 43.8 Å². The molecular weight excluding hydrogens is 338 g/mol. The number of aryl methyl sites for hydroxylation is 2. The molecule has 0 saturated heterocycles. The molecular formula is C18H18BrN3. The van der Waals surface area contributed by atoms with Gasteiger partial charge in [-0.15, -0.1) is 0 Å². The van der Waals surface area contributed by atoms with E-state index in [-0.39, 0.29) is 0 Å². The minimum absolute atomic E-state index is 0.755. The zero-order valence-corrected chi connectivity index (χ0v) is 14.3. The molecule has 0 aliphatic rings. The van der Waals surface area contributed by atoms with Crippen LogP contribution in [0, 0.1) is 6.92 Å². The van der Waals surface area contributed by atoms with Gasteiger partial charge in [-0.25, -0.2) is 4.98 Å². The number of anilines is 1. The molecule has 3 aromatic rings. The van der Waals surface area contributed by atoms with Crippen molar-refractivity contribution < 1.29 is 0 Å². The van der Waals surface area contributed by atoms with Gasteiger partial charge in [0.15, 0.2) is 0 Å². The summed E-state index contributed by atoms with van der Waals surface area (Å²) in [7, 11) is 2.01. The van der Waals surface area contributed by atoms with Crippen LogP contribution in [0.15, 0.2) is 46.9 Å². The van der Waals surface area contributed by atoms with Crippen LogP contribution in [0.25, 0.3) is 17.1 Å². The summed E-state index contributed by atoms with van der Waals surface area (Å²) in [5.74, 6) is 0.963. The van der Waals surface area contributed by atoms with E-state index in [2.05, 4.69) is 55.8 Å². The number of nitrogens with zero attached hydrogens (tertiary/aromatic N) is 2. The molecule has 1 aromatic heterocycles. The molecule has 0 unspecified atom stereocenters. The number of nitrogens with two attached hydrogens (primary N) is 1. The number of nitrogen functional groups attached to an aromatic ring is 1. The normalized spacial score (nSPS) is 11.6. The second kappa shape index (κ2) is 5.97. The number of rotatable bonds is 3. The number of allylic oxidation sites excluding steroid dienone is 1. The van der Waals surface area contributed by atoms with Gasteiger partial charge < -0.3 is 10.3 Å². The Morgan fingerprint density at radius 3 is 2.73 bits per heavy atom. The lowest BCUT2D eigenvalue weighted by Crippen LogP contribution is -1.97. The standard InChI is InChI=1S/C18H18BrN3/c1-12-21-18-16(22(12)2)11-15(19)14(17(18)20)10-6-9-13-7-4-3-5-8-13/h3-9,11H,10,20H2,1-2H3. The van der Waals surface area contributed by atoms with Crippen LogP contribution in [0.3, 0.4) is 0 Å². The Morgan fingerprint density at radius 2 is 2.00 bits per heavy atom. The molecule has 112 valence electrons. The monoisotopic (exact) mass is 355 g/mol. The van der Waals surface area contributed by atoms with Crippen LogP contribution in [0.1, 0.15) is 17.0 Å². The third-order valence-corrected chi connectivity index (χ3v) is 4.63. The number of hydrogen-bond donors (Lipinski definition) is 1. The zero-order chi connectivity index (χ0) is 15.7. The highest BCUT2D eigenvalue weighted by atomic mass is 79.9. The van der Waals surface area contributed by atoms with Crippen molar-refractivity contribution in [3.05, 3.63) is 63.9 Å². The van der Waals surface area contributed by atoms with E-state index in [0.717, 1.165) is 39.0 Å². The average Bonchev–Trinajstić information content (AvgIpc) is 2.80. The molecule has 0 saturated carbocycles. The van der Waals surface area contributed by atoms with Gasteiger partial charge in [-0.1, -0.05) is 58.4 Å². The van der Waals surface area contributed by atoms with Crippen molar-refractivity contribution in [1.82, 2.24) is 9.55 Å². The van der Waals surface area contributed by atoms with Gasteiger partial charge in [-0.3, -0.25) is 0 Å². The SMILES string of the molecule is Cc1nc2c(N)c(CC=Cc3ccccc3)c(Br)cc2n1C. The van der Waals surface area contributed by atoms with Crippen molar-refractivity contribution in [3.8, 4) is 0 Å². The second-order valence-electron chi connectivity index (χ2n) is 5.35. The Hall–Kier alpha value is -2.07. The van der Waals surface area contributed by atoms with E-state index in [1.54, 1.807) is 0 Å². The largest absolute Gasteiger partial charge is 0.397 e. The zero-order valence-electron chi connectivity index (χ0n) is 12.7. The number of aromatic nitrogens is 2. The van der Waals surface area contributed by atoms with Crippen LogP contribution in [0.2, 0.25) is 0 Å². The molecule has 0 amide bonds. The Labute approximate surface area is 138 Å². The fraction of sp³-hybridized carbons (Fsp3) is 0.167. The maximum absolute atomic E-state index is 6.34. The minimum Gasteiger partial charge on any atom is -0.397 e. The highest BCUT2D eigenvalue weighted by Crippen LogP contribution is 2.32. The number of halogens is 1. The van der Waals surface area contributed by atoms with E-state index >= 15 is 0 Å². The highest BCUT2D eigenvalue weighted by Gasteiger charge is 2.13. The summed E-state index contributed by atoms with van der Waals surface area (Å²) >= 11 is 3.64. The molecule has 22 heavy (non-hydrogen) atoms. The van der Waals surface area contributed by atoms with Crippen LogP contribution in [0.5, 0.6) is 0 Å². The molecule has 2 aromatic carbocycles. The van der Waals surface area contributed by atoms with E-state index in [1.165, 1.54) is 5.56 Å². The van der Waals surface area contributed by atoms with Crippen molar-refractivity contribution in [3.63, 3.8) is 0 Å². The number of fused-ring (bicyclic) bond motifs is 1. The number of benzene rings is 2. The number of imidazole rings is 1. The predicted molar refractivity (Wildman–Crippen MR) is 96.7 cm³/mol. The third kappa shape index (κ3) is 2.66.